The Kier molecular flexibility index (Phi) is 3.92. The van der Waals surface area contributed by atoms with Gasteiger partial charge in [0, 0.05) is 18.5 Å². The molecule has 3 rings (SSSR count). The Bertz CT molecular complexity index is 702. The Morgan fingerprint density at radius 1 is 1.27 bits per heavy atom. The van der Waals surface area contributed by atoms with E-state index in [1.54, 1.807) is 12.4 Å². The van der Waals surface area contributed by atoms with Crippen molar-refractivity contribution in [3.8, 4) is 18.0 Å². The Morgan fingerprint density at radius 2 is 2.00 bits per heavy atom. The SMILES string of the molecule is C#CC1CCC(C)N(C(=O)c2ccccc2-n2nccn2)C1. The molecule has 2 heterocycles. The van der Waals surface area contributed by atoms with E-state index in [2.05, 4.69) is 23.0 Å². The van der Waals surface area contributed by atoms with Crippen LogP contribution in [0.2, 0.25) is 0 Å². The molecule has 0 radical (unpaired) electrons. The zero-order valence-electron chi connectivity index (χ0n) is 12.5. The molecule has 1 aliphatic rings. The molecule has 1 aromatic carbocycles. The predicted molar refractivity (Wildman–Crippen MR) is 83.4 cm³/mol. The van der Waals surface area contributed by atoms with Gasteiger partial charge in [-0.05, 0) is 31.9 Å². The first-order valence-electron chi connectivity index (χ1n) is 7.43. The van der Waals surface area contributed by atoms with E-state index in [1.807, 2.05) is 29.2 Å². The molecule has 2 unspecified atom stereocenters. The van der Waals surface area contributed by atoms with Crippen LogP contribution in [0.3, 0.4) is 0 Å². The van der Waals surface area contributed by atoms with E-state index in [4.69, 9.17) is 6.42 Å². The van der Waals surface area contributed by atoms with E-state index in [0.29, 0.717) is 17.8 Å². The Morgan fingerprint density at radius 3 is 2.73 bits per heavy atom. The van der Waals surface area contributed by atoms with Crippen LogP contribution in [0.5, 0.6) is 0 Å². The number of para-hydroxylation sites is 1. The predicted octanol–water partition coefficient (Wildman–Crippen LogP) is 2.14. The summed E-state index contributed by atoms with van der Waals surface area (Å²) < 4.78 is 0. The number of hydrogen-bond acceptors (Lipinski definition) is 3. The van der Waals surface area contributed by atoms with E-state index >= 15 is 0 Å². The third-order valence-electron chi connectivity index (χ3n) is 4.15. The van der Waals surface area contributed by atoms with E-state index in [0.717, 1.165) is 12.8 Å². The number of hydrogen-bond donors (Lipinski definition) is 0. The molecular weight excluding hydrogens is 276 g/mol. The van der Waals surface area contributed by atoms with Gasteiger partial charge in [0.15, 0.2) is 0 Å². The number of terminal acetylenes is 1. The van der Waals surface area contributed by atoms with Crippen LogP contribution >= 0.6 is 0 Å². The lowest BCUT2D eigenvalue weighted by Crippen LogP contribution is -2.45. The smallest absolute Gasteiger partial charge is 0.256 e. The maximum Gasteiger partial charge on any atom is 0.256 e. The van der Waals surface area contributed by atoms with Crippen LogP contribution in [-0.4, -0.2) is 38.4 Å². The largest absolute Gasteiger partial charge is 0.335 e. The highest BCUT2D eigenvalue weighted by molar-refractivity contribution is 5.98. The Labute approximate surface area is 129 Å². The summed E-state index contributed by atoms with van der Waals surface area (Å²) >= 11 is 0. The first-order chi connectivity index (χ1) is 10.7. The zero-order chi connectivity index (χ0) is 15.5. The fourth-order valence-electron chi connectivity index (χ4n) is 2.85. The maximum atomic E-state index is 13.0. The summed E-state index contributed by atoms with van der Waals surface area (Å²) in [5.74, 6) is 2.90. The van der Waals surface area contributed by atoms with Crippen molar-refractivity contribution in [2.45, 2.75) is 25.8 Å². The van der Waals surface area contributed by atoms with Gasteiger partial charge in [-0.2, -0.15) is 15.0 Å². The lowest BCUT2D eigenvalue weighted by Gasteiger charge is -2.36. The van der Waals surface area contributed by atoms with E-state index < -0.39 is 0 Å². The topological polar surface area (TPSA) is 51.0 Å². The molecule has 22 heavy (non-hydrogen) atoms. The van der Waals surface area contributed by atoms with Crippen LogP contribution in [0.15, 0.2) is 36.7 Å². The number of amides is 1. The molecule has 0 saturated carbocycles. The summed E-state index contributed by atoms with van der Waals surface area (Å²) in [5, 5.41) is 8.25. The average molecular weight is 294 g/mol. The van der Waals surface area contributed by atoms with Crippen molar-refractivity contribution < 1.29 is 4.79 Å². The van der Waals surface area contributed by atoms with E-state index in [1.165, 1.54) is 4.80 Å². The molecule has 112 valence electrons. The van der Waals surface area contributed by atoms with E-state index in [9.17, 15) is 4.79 Å². The number of benzene rings is 1. The number of likely N-dealkylation sites (tertiary alicyclic amines) is 1. The third kappa shape index (κ3) is 2.60. The van der Waals surface area contributed by atoms with Crippen LogP contribution in [-0.2, 0) is 0 Å². The van der Waals surface area contributed by atoms with Gasteiger partial charge >= 0.3 is 0 Å². The second-order valence-electron chi connectivity index (χ2n) is 5.58. The standard InChI is InChI=1S/C17H18N4O/c1-3-14-9-8-13(2)20(12-14)17(22)15-6-4-5-7-16(15)21-18-10-11-19-21/h1,4-7,10-11,13-14H,8-9,12H2,2H3. The number of carbonyl (C=O) groups is 1. The van der Waals surface area contributed by atoms with Crippen molar-refractivity contribution in [2.75, 3.05) is 6.54 Å². The molecule has 1 amide bonds. The van der Waals surface area contributed by atoms with Gasteiger partial charge < -0.3 is 4.90 Å². The normalized spacial score (nSPS) is 21.4. The number of piperidine rings is 1. The molecule has 0 bridgehead atoms. The molecule has 0 N–H and O–H groups in total. The lowest BCUT2D eigenvalue weighted by atomic mass is 9.93. The Hall–Kier alpha value is -2.61. The second kappa shape index (κ2) is 6.02. The molecule has 0 spiro atoms. The molecule has 1 fully saturated rings. The van der Waals surface area contributed by atoms with Gasteiger partial charge in [-0.25, -0.2) is 0 Å². The van der Waals surface area contributed by atoms with Crippen molar-refractivity contribution in [3.63, 3.8) is 0 Å². The van der Waals surface area contributed by atoms with Crippen LogP contribution in [0, 0.1) is 18.3 Å². The van der Waals surface area contributed by atoms with Gasteiger partial charge in [0.05, 0.1) is 23.6 Å². The molecule has 5 heteroatoms. The van der Waals surface area contributed by atoms with Gasteiger partial charge in [-0.1, -0.05) is 12.1 Å². The molecule has 1 aliphatic heterocycles. The van der Waals surface area contributed by atoms with Crippen LogP contribution in [0.1, 0.15) is 30.1 Å². The number of rotatable bonds is 2. The summed E-state index contributed by atoms with van der Waals surface area (Å²) in [4.78, 5) is 16.3. The van der Waals surface area contributed by atoms with Crippen molar-refractivity contribution >= 4 is 5.91 Å². The summed E-state index contributed by atoms with van der Waals surface area (Å²) in [7, 11) is 0. The van der Waals surface area contributed by atoms with Crippen LogP contribution < -0.4 is 0 Å². The van der Waals surface area contributed by atoms with E-state index in [-0.39, 0.29) is 17.9 Å². The highest BCUT2D eigenvalue weighted by Crippen LogP contribution is 2.25. The van der Waals surface area contributed by atoms with Crippen molar-refractivity contribution in [3.05, 3.63) is 42.2 Å². The average Bonchev–Trinajstić information content (AvgIpc) is 3.09. The Balaban J connectivity index is 1.94. The van der Waals surface area contributed by atoms with Crippen molar-refractivity contribution in [1.82, 2.24) is 19.9 Å². The van der Waals surface area contributed by atoms with Crippen molar-refractivity contribution in [1.29, 1.82) is 0 Å². The number of carbonyl (C=O) groups excluding carboxylic acids is 1. The van der Waals surface area contributed by atoms with Crippen LogP contribution in [0.25, 0.3) is 5.69 Å². The summed E-state index contributed by atoms with van der Waals surface area (Å²) in [6.07, 6.45) is 10.6. The van der Waals surface area contributed by atoms with Crippen molar-refractivity contribution in [2.24, 2.45) is 5.92 Å². The second-order valence-corrected chi connectivity index (χ2v) is 5.58. The van der Waals surface area contributed by atoms with Gasteiger partial charge in [0.1, 0.15) is 0 Å². The monoisotopic (exact) mass is 294 g/mol. The minimum absolute atomic E-state index is 0.0136. The minimum Gasteiger partial charge on any atom is -0.335 e. The van der Waals surface area contributed by atoms with Gasteiger partial charge in [0.2, 0.25) is 0 Å². The molecule has 2 aromatic rings. The van der Waals surface area contributed by atoms with Gasteiger partial charge in [-0.3, -0.25) is 4.79 Å². The molecule has 0 aliphatic carbocycles. The molecule has 2 atom stereocenters. The highest BCUT2D eigenvalue weighted by atomic mass is 16.2. The molecular formula is C17H18N4O. The fraction of sp³-hybridized carbons (Fsp3) is 0.353. The third-order valence-corrected chi connectivity index (χ3v) is 4.15. The number of aromatic nitrogens is 3. The zero-order valence-corrected chi connectivity index (χ0v) is 12.5. The van der Waals surface area contributed by atoms with Gasteiger partial charge in [0.25, 0.3) is 5.91 Å². The van der Waals surface area contributed by atoms with Crippen LogP contribution in [0.4, 0.5) is 0 Å². The first-order valence-corrected chi connectivity index (χ1v) is 7.43. The summed E-state index contributed by atoms with van der Waals surface area (Å²) in [5.41, 5.74) is 1.29. The summed E-state index contributed by atoms with van der Waals surface area (Å²) in [6.45, 7) is 2.68. The fourth-order valence-corrected chi connectivity index (χ4v) is 2.85. The number of nitrogens with zero attached hydrogens (tertiary/aromatic N) is 4. The molecule has 5 nitrogen and oxygen atoms in total. The minimum atomic E-state index is -0.0136. The maximum absolute atomic E-state index is 13.0. The molecule has 1 saturated heterocycles. The van der Waals surface area contributed by atoms with Gasteiger partial charge in [-0.15, -0.1) is 12.3 Å². The molecule has 1 aromatic heterocycles. The summed E-state index contributed by atoms with van der Waals surface area (Å²) in [6, 6.07) is 7.58. The highest BCUT2D eigenvalue weighted by Gasteiger charge is 2.30. The lowest BCUT2D eigenvalue weighted by molar-refractivity contribution is 0.0598. The quantitative estimate of drug-likeness (QED) is 0.797. The first kappa shape index (κ1) is 14.3.